The molecule has 1 rings (SSSR count). The Balaban J connectivity index is 2.28. The number of aliphatic carboxylic acids is 1. The lowest BCUT2D eigenvalue weighted by Crippen LogP contribution is -2.48. The maximum absolute atomic E-state index is 12.0. The van der Waals surface area contributed by atoms with E-state index in [1.54, 1.807) is 0 Å². The molecule has 120 valence electrons. The zero-order valence-corrected chi connectivity index (χ0v) is 12.8. The van der Waals surface area contributed by atoms with Gasteiger partial charge in [0.25, 0.3) is 0 Å². The fourth-order valence-electron chi connectivity index (χ4n) is 1.89. The Morgan fingerprint density at radius 3 is 2.57 bits per heavy atom. The van der Waals surface area contributed by atoms with Gasteiger partial charge in [-0.25, -0.2) is 4.79 Å². The molecule has 1 unspecified atom stereocenters. The summed E-state index contributed by atoms with van der Waals surface area (Å²) in [7, 11) is 0. The first-order valence-electron chi connectivity index (χ1n) is 7.12. The minimum Gasteiger partial charge on any atom is -0.479 e. The quantitative estimate of drug-likeness (QED) is 0.709. The summed E-state index contributed by atoms with van der Waals surface area (Å²) in [6.07, 6.45) is -0.115. The third kappa shape index (κ3) is 5.71. The molecule has 2 N–H and O–H groups in total. The van der Waals surface area contributed by atoms with Gasteiger partial charge < -0.3 is 20.1 Å². The summed E-state index contributed by atoms with van der Waals surface area (Å²) in [4.78, 5) is 36.0. The number of ether oxygens (including phenoxy) is 1. The molecule has 0 radical (unpaired) electrons. The van der Waals surface area contributed by atoms with Crippen molar-refractivity contribution >= 4 is 17.8 Å². The van der Waals surface area contributed by atoms with Crippen molar-refractivity contribution in [2.24, 2.45) is 5.41 Å². The number of morpholine rings is 1. The van der Waals surface area contributed by atoms with Crippen molar-refractivity contribution in [2.45, 2.75) is 39.7 Å². The highest BCUT2D eigenvalue weighted by molar-refractivity contribution is 5.81. The third-order valence-corrected chi connectivity index (χ3v) is 3.23. The van der Waals surface area contributed by atoms with Crippen LogP contribution in [0.3, 0.4) is 0 Å². The topological polar surface area (TPSA) is 95.9 Å². The molecule has 1 saturated heterocycles. The number of hydrogen-bond acceptors (Lipinski definition) is 4. The minimum atomic E-state index is -1.05. The Hall–Kier alpha value is -1.63. The van der Waals surface area contributed by atoms with E-state index in [4.69, 9.17) is 9.84 Å². The van der Waals surface area contributed by atoms with Crippen molar-refractivity contribution < 1.29 is 24.2 Å². The molecule has 1 aliphatic heterocycles. The highest BCUT2D eigenvalue weighted by Gasteiger charge is 2.28. The normalized spacial score (nSPS) is 19.2. The lowest BCUT2D eigenvalue weighted by atomic mass is 9.96. The molecule has 0 saturated carbocycles. The van der Waals surface area contributed by atoms with E-state index in [1.165, 1.54) is 4.90 Å². The lowest BCUT2D eigenvalue weighted by Gasteiger charge is -2.31. The van der Waals surface area contributed by atoms with Crippen LogP contribution in [-0.2, 0) is 19.1 Å². The molecular formula is C14H24N2O5. The summed E-state index contributed by atoms with van der Waals surface area (Å²) in [5, 5.41) is 11.7. The van der Waals surface area contributed by atoms with Crippen molar-refractivity contribution in [2.75, 3.05) is 26.2 Å². The molecule has 7 nitrogen and oxygen atoms in total. The van der Waals surface area contributed by atoms with E-state index < -0.39 is 17.5 Å². The Labute approximate surface area is 124 Å². The number of hydrogen-bond donors (Lipinski definition) is 2. The monoisotopic (exact) mass is 300 g/mol. The van der Waals surface area contributed by atoms with Gasteiger partial charge in [0, 0.05) is 24.9 Å². The second kappa shape index (κ2) is 7.40. The molecular weight excluding hydrogens is 276 g/mol. The van der Waals surface area contributed by atoms with Crippen LogP contribution in [0.4, 0.5) is 0 Å². The smallest absolute Gasteiger partial charge is 0.334 e. The second-order valence-corrected chi connectivity index (χ2v) is 6.15. The molecule has 0 aromatic heterocycles. The molecule has 21 heavy (non-hydrogen) atoms. The van der Waals surface area contributed by atoms with Gasteiger partial charge in [0.15, 0.2) is 6.10 Å². The van der Waals surface area contributed by atoms with Crippen molar-refractivity contribution in [3.63, 3.8) is 0 Å². The van der Waals surface area contributed by atoms with Crippen molar-refractivity contribution in [1.29, 1.82) is 0 Å². The van der Waals surface area contributed by atoms with E-state index in [9.17, 15) is 14.4 Å². The maximum Gasteiger partial charge on any atom is 0.334 e. The molecule has 0 aromatic rings. The van der Waals surface area contributed by atoms with Crippen LogP contribution in [-0.4, -0.2) is 60.1 Å². The number of amides is 2. The van der Waals surface area contributed by atoms with Crippen molar-refractivity contribution in [3.05, 3.63) is 0 Å². The van der Waals surface area contributed by atoms with Gasteiger partial charge in [-0.15, -0.1) is 0 Å². The SMILES string of the molecule is CC(C)(C)C(=O)NCCCC(=O)N1CCOC(C(=O)O)C1. The standard InChI is InChI=1S/C14H24N2O5/c1-14(2,3)13(20)15-6-4-5-11(17)16-7-8-21-10(9-16)12(18)19/h10H,4-9H2,1-3H3,(H,15,20)(H,18,19). The Morgan fingerprint density at radius 1 is 1.33 bits per heavy atom. The van der Waals surface area contributed by atoms with Gasteiger partial charge in [-0.05, 0) is 6.42 Å². The molecule has 0 aromatic carbocycles. The average Bonchev–Trinajstić information content (AvgIpc) is 2.42. The van der Waals surface area contributed by atoms with Crippen LogP contribution in [0.15, 0.2) is 0 Å². The Kier molecular flexibility index (Phi) is 6.14. The third-order valence-electron chi connectivity index (χ3n) is 3.23. The second-order valence-electron chi connectivity index (χ2n) is 6.15. The highest BCUT2D eigenvalue weighted by Crippen LogP contribution is 2.12. The number of carboxylic acid groups (broad SMARTS) is 1. The van der Waals surface area contributed by atoms with E-state index >= 15 is 0 Å². The first-order valence-corrected chi connectivity index (χ1v) is 7.12. The summed E-state index contributed by atoms with van der Waals surface area (Å²) >= 11 is 0. The molecule has 7 heteroatoms. The summed E-state index contributed by atoms with van der Waals surface area (Å²) in [5.41, 5.74) is -0.442. The van der Waals surface area contributed by atoms with E-state index in [-0.39, 0.29) is 31.4 Å². The molecule has 1 heterocycles. The van der Waals surface area contributed by atoms with Crippen LogP contribution in [0, 0.1) is 5.41 Å². The summed E-state index contributed by atoms with van der Waals surface area (Å²) in [6.45, 7) is 6.66. The van der Waals surface area contributed by atoms with Gasteiger partial charge in [0.05, 0.1) is 13.2 Å². The van der Waals surface area contributed by atoms with E-state index in [0.29, 0.717) is 19.5 Å². The first kappa shape index (κ1) is 17.4. The number of carboxylic acids is 1. The Morgan fingerprint density at radius 2 is 2.00 bits per heavy atom. The van der Waals surface area contributed by atoms with Crippen LogP contribution in [0.2, 0.25) is 0 Å². The number of carbonyl (C=O) groups is 3. The van der Waals surface area contributed by atoms with Gasteiger partial charge >= 0.3 is 5.97 Å². The zero-order valence-electron chi connectivity index (χ0n) is 12.8. The molecule has 0 spiro atoms. The van der Waals surface area contributed by atoms with Gasteiger partial charge in [0.1, 0.15) is 0 Å². The number of carbonyl (C=O) groups excluding carboxylic acids is 2. The Bertz CT molecular complexity index is 403. The zero-order chi connectivity index (χ0) is 16.0. The summed E-state index contributed by atoms with van der Waals surface area (Å²) in [5.74, 6) is -1.20. The number of rotatable bonds is 5. The predicted molar refractivity (Wildman–Crippen MR) is 75.7 cm³/mol. The van der Waals surface area contributed by atoms with Gasteiger partial charge in [0.2, 0.25) is 11.8 Å². The highest BCUT2D eigenvalue weighted by atomic mass is 16.5. The molecule has 1 atom stereocenters. The molecule has 0 aliphatic carbocycles. The van der Waals surface area contributed by atoms with E-state index in [2.05, 4.69) is 5.32 Å². The molecule has 1 fully saturated rings. The fraction of sp³-hybridized carbons (Fsp3) is 0.786. The lowest BCUT2D eigenvalue weighted by molar-refractivity contribution is -0.159. The van der Waals surface area contributed by atoms with Crippen LogP contribution in [0.5, 0.6) is 0 Å². The molecule has 2 amide bonds. The average molecular weight is 300 g/mol. The summed E-state index contributed by atoms with van der Waals surface area (Å²) in [6, 6.07) is 0. The van der Waals surface area contributed by atoms with Crippen LogP contribution in [0.25, 0.3) is 0 Å². The molecule has 0 bridgehead atoms. The van der Waals surface area contributed by atoms with Gasteiger partial charge in [-0.1, -0.05) is 20.8 Å². The van der Waals surface area contributed by atoms with Gasteiger partial charge in [-0.2, -0.15) is 0 Å². The van der Waals surface area contributed by atoms with Crippen molar-refractivity contribution in [1.82, 2.24) is 10.2 Å². The fourth-order valence-corrected chi connectivity index (χ4v) is 1.89. The number of nitrogens with one attached hydrogen (secondary N) is 1. The van der Waals surface area contributed by atoms with Crippen molar-refractivity contribution in [3.8, 4) is 0 Å². The van der Waals surface area contributed by atoms with E-state index in [0.717, 1.165) is 0 Å². The minimum absolute atomic E-state index is 0.0488. The van der Waals surface area contributed by atoms with Gasteiger partial charge in [-0.3, -0.25) is 9.59 Å². The first-order chi connectivity index (χ1) is 9.71. The predicted octanol–water partition coefficient (Wildman–Crippen LogP) is 0.241. The van der Waals surface area contributed by atoms with E-state index in [1.807, 2.05) is 20.8 Å². The van der Waals surface area contributed by atoms with Crippen LogP contribution < -0.4 is 5.32 Å². The number of nitrogens with zero attached hydrogens (tertiary/aromatic N) is 1. The van der Waals surface area contributed by atoms with Crippen LogP contribution in [0.1, 0.15) is 33.6 Å². The summed E-state index contributed by atoms with van der Waals surface area (Å²) < 4.78 is 5.06. The maximum atomic E-state index is 12.0. The molecule has 1 aliphatic rings. The van der Waals surface area contributed by atoms with Crippen LogP contribution >= 0.6 is 0 Å². The largest absolute Gasteiger partial charge is 0.479 e.